The van der Waals surface area contributed by atoms with Gasteiger partial charge in [0.05, 0.1) is 4.91 Å². The summed E-state index contributed by atoms with van der Waals surface area (Å²) in [6.45, 7) is 13.2. The first-order valence-corrected chi connectivity index (χ1v) is 8.24. The van der Waals surface area contributed by atoms with Crippen molar-refractivity contribution in [3.8, 4) is 0 Å². The minimum Gasteiger partial charge on any atom is -0.374 e. The molecule has 0 aliphatic heterocycles. The molecule has 3 nitrogen and oxygen atoms in total. The van der Waals surface area contributed by atoms with Crippen LogP contribution in [0.25, 0.3) is 4.91 Å². The van der Waals surface area contributed by atoms with E-state index in [1.807, 2.05) is 0 Å². The van der Waals surface area contributed by atoms with Gasteiger partial charge in [-0.15, -0.1) is 33.7 Å². The van der Waals surface area contributed by atoms with Crippen LogP contribution < -0.4 is 5.73 Å². The van der Waals surface area contributed by atoms with E-state index in [9.17, 15) is 0 Å². The SMILES string of the molecule is CC(C)(C)SC=C(SC(C)(C)C)c1nnc(N)s1. The lowest BCUT2D eigenvalue weighted by Gasteiger charge is -2.20. The smallest absolute Gasteiger partial charge is 0.203 e. The zero-order valence-corrected chi connectivity index (χ0v) is 14.2. The first kappa shape index (κ1) is 15.9. The summed E-state index contributed by atoms with van der Waals surface area (Å²) < 4.78 is 0.338. The van der Waals surface area contributed by atoms with Gasteiger partial charge in [0.15, 0.2) is 5.01 Å². The predicted molar refractivity (Wildman–Crippen MR) is 87.0 cm³/mol. The molecule has 0 bridgehead atoms. The molecular formula is C12H21N3S3. The highest BCUT2D eigenvalue weighted by molar-refractivity contribution is 8.11. The van der Waals surface area contributed by atoms with Gasteiger partial charge >= 0.3 is 0 Å². The van der Waals surface area contributed by atoms with Crippen molar-refractivity contribution in [2.45, 2.75) is 51.0 Å². The quantitative estimate of drug-likeness (QED) is 0.892. The van der Waals surface area contributed by atoms with Crippen LogP contribution in [0, 0.1) is 0 Å². The van der Waals surface area contributed by atoms with Gasteiger partial charge in [-0.05, 0) is 5.41 Å². The Kier molecular flexibility index (Phi) is 5.14. The second kappa shape index (κ2) is 5.84. The van der Waals surface area contributed by atoms with Gasteiger partial charge in [0, 0.05) is 9.49 Å². The minimum absolute atomic E-state index is 0.144. The molecule has 0 radical (unpaired) electrons. The van der Waals surface area contributed by atoms with E-state index in [4.69, 9.17) is 5.73 Å². The number of aromatic nitrogens is 2. The number of thioether (sulfide) groups is 2. The number of nitrogen functional groups attached to an aromatic ring is 1. The highest BCUT2D eigenvalue weighted by atomic mass is 32.2. The Morgan fingerprint density at radius 3 is 2.11 bits per heavy atom. The van der Waals surface area contributed by atoms with E-state index in [-0.39, 0.29) is 9.49 Å². The number of anilines is 1. The molecule has 18 heavy (non-hydrogen) atoms. The molecule has 1 aromatic rings. The third kappa shape index (κ3) is 6.11. The number of hydrogen-bond acceptors (Lipinski definition) is 6. The lowest BCUT2D eigenvalue weighted by molar-refractivity contribution is 0.806. The van der Waals surface area contributed by atoms with Crippen molar-refractivity contribution in [1.29, 1.82) is 0 Å². The van der Waals surface area contributed by atoms with Crippen LogP contribution in [0.5, 0.6) is 0 Å². The average molecular weight is 304 g/mol. The van der Waals surface area contributed by atoms with Gasteiger partial charge in [-0.25, -0.2) is 0 Å². The summed E-state index contributed by atoms with van der Waals surface area (Å²) in [5.74, 6) is 0. The first-order chi connectivity index (χ1) is 8.07. The fourth-order valence-corrected chi connectivity index (χ4v) is 3.55. The van der Waals surface area contributed by atoms with Crippen LogP contribution in [0.4, 0.5) is 5.13 Å². The van der Waals surface area contributed by atoms with Crippen molar-refractivity contribution in [3.05, 3.63) is 10.4 Å². The van der Waals surface area contributed by atoms with Crippen LogP contribution in [0.3, 0.4) is 0 Å². The first-order valence-electron chi connectivity index (χ1n) is 5.73. The van der Waals surface area contributed by atoms with E-state index in [0.717, 1.165) is 9.91 Å². The molecule has 2 N–H and O–H groups in total. The second-order valence-electron chi connectivity index (χ2n) is 5.87. The fraction of sp³-hybridized carbons (Fsp3) is 0.667. The largest absolute Gasteiger partial charge is 0.374 e. The fourth-order valence-electron chi connectivity index (χ4n) is 1.01. The molecule has 0 saturated heterocycles. The summed E-state index contributed by atoms with van der Waals surface area (Å²) in [6, 6.07) is 0. The standard InChI is InChI=1S/C12H21N3S3/c1-11(2,3)16-7-8(18-12(4,5)6)9-14-15-10(13)17-9/h7H,1-6H3,(H2,13,15). The lowest BCUT2D eigenvalue weighted by Crippen LogP contribution is -2.08. The summed E-state index contributed by atoms with van der Waals surface area (Å²) in [5, 5.41) is 11.6. The van der Waals surface area contributed by atoms with E-state index in [2.05, 4.69) is 57.1 Å². The maximum Gasteiger partial charge on any atom is 0.203 e. The highest BCUT2D eigenvalue weighted by Crippen LogP contribution is 2.41. The molecule has 1 rings (SSSR count). The van der Waals surface area contributed by atoms with E-state index in [1.54, 1.807) is 23.5 Å². The molecule has 0 fully saturated rings. The van der Waals surface area contributed by atoms with Gasteiger partial charge in [-0.2, -0.15) is 0 Å². The summed E-state index contributed by atoms with van der Waals surface area (Å²) in [6.07, 6.45) is 0. The average Bonchev–Trinajstić information content (AvgIpc) is 2.56. The Morgan fingerprint density at radius 2 is 1.72 bits per heavy atom. The Balaban J connectivity index is 2.96. The topological polar surface area (TPSA) is 51.8 Å². The molecule has 0 saturated carbocycles. The number of nitrogens with two attached hydrogens (primary N) is 1. The number of hydrogen-bond donors (Lipinski definition) is 1. The molecule has 1 aromatic heterocycles. The third-order valence-electron chi connectivity index (χ3n) is 1.59. The Labute approximate surface area is 122 Å². The predicted octanol–water partition coefficient (Wildman–Crippen LogP) is 4.48. The molecule has 0 aliphatic rings. The van der Waals surface area contributed by atoms with Gasteiger partial charge in [0.25, 0.3) is 0 Å². The maximum atomic E-state index is 5.66. The van der Waals surface area contributed by atoms with Crippen LogP contribution in [0.15, 0.2) is 5.41 Å². The van der Waals surface area contributed by atoms with Crippen molar-refractivity contribution in [2.24, 2.45) is 0 Å². The van der Waals surface area contributed by atoms with E-state index >= 15 is 0 Å². The van der Waals surface area contributed by atoms with Crippen LogP contribution in [0.2, 0.25) is 0 Å². The zero-order chi connectivity index (χ0) is 14.0. The molecule has 6 heteroatoms. The van der Waals surface area contributed by atoms with Crippen LogP contribution in [0.1, 0.15) is 46.6 Å². The Morgan fingerprint density at radius 1 is 1.11 bits per heavy atom. The second-order valence-corrected chi connectivity index (χ2v) is 10.4. The van der Waals surface area contributed by atoms with Crippen molar-refractivity contribution < 1.29 is 0 Å². The van der Waals surface area contributed by atoms with Crippen molar-refractivity contribution in [3.63, 3.8) is 0 Å². The van der Waals surface area contributed by atoms with Crippen molar-refractivity contribution in [1.82, 2.24) is 10.2 Å². The molecule has 102 valence electrons. The minimum atomic E-state index is 0.144. The van der Waals surface area contributed by atoms with Crippen LogP contribution >= 0.6 is 34.9 Å². The number of rotatable bonds is 3. The molecule has 1 heterocycles. The number of nitrogens with zero attached hydrogens (tertiary/aromatic N) is 2. The lowest BCUT2D eigenvalue weighted by atomic mass is 10.3. The summed E-state index contributed by atoms with van der Waals surface area (Å²) in [7, 11) is 0. The van der Waals surface area contributed by atoms with E-state index in [0.29, 0.717) is 5.13 Å². The molecule has 0 aliphatic carbocycles. The molecular weight excluding hydrogens is 282 g/mol. The Hall–Kier alpha value is -0.200. The summed E-state index contributed by atoms with van der Waals surface area (Å²) >= 11 is 5.04. The van der Waals surface area contributed by atoms with Crippen molar-refractivity contribution in [2.75, 3.05) is 5.73 Å². The Bertz CT molecular complexity index is 425. The maximum absolute atomic E-state index is 5.66. The van der Waals surface area contributed by atoms with Gasteiger partial charge in [-0.3, -0.25) is 0 Å². The highest BCUT2D eigenvalue weighted by Gasteiger charge is 2.19. The van der Waals surface area contributed by atoms with Gasteiger partial charge < -0.3 is 5.73 Å². The van der Waals surface area contributed by atoms with Gasteiger partial charge in [0.1, 0.15) is 0 Å². The third-order valence-corrected chi connectivity index (χ3v) is 4.86. The molecule has 0 unspecified atom stereocenters. The van der Waals surface area contributed by atoms with Crippen molar-refractivity contribution >= 4 is 44.9 Å². The zero-order valence-electron chi connectivity index (χ0n) is 11.8. The summed E-state index contributed by atoms with van der Waals surface area (Å²) in [5.41, 5.74) is 5.66. The molecule has 0 amide bonds. The summed E-state index contributed by atoms with van der Waals surface area (Å²) in [4.78, 5) is 1.15. The molecule has 0 spiro atoms. The van der Waals surface area contributed by atoms with Gasteiger partial charge in [0.2, 0.25) is 5.13 Å². The van der Waals surface area contributed by atoms with Gasteiger partial charge in [-0.1, -0.05) is 52.9 Å². The van der Waals surface area contributed by atoms with E-state index < -0.39 is 0 Å². The normalized spacial score (nSPS) is 14.0. The molecule has 0 atom stereocenters. The molecule has 0 aromatic carbocycles. The van der Waals surface area contributed by atoms with E-state index in [1.165, 1.54) is 11.3 Å². The monoisotopic (exact) mass is 303 g/mol. The van der Waals surface area contributed by atoms with Crippen LogP contribution in [-0.2, 0) is 0 Å². The van der Waals surface area contributed by atoms with Crippen LogP contribution in [-0.4, -0.2) is 19.7 Å².